The minimum absolute atomic E-state index is 0.668. The number of aryl methyl sites for hydroxylation is 1. The van der Waals surface area contributed by atoms with Crippen molar-refractivity contribution in [1.29, 1.82) is 0 Å². The molecule has 2 heterocycles. The van der Waals surface area contributed by atoms with Gasteiger partial charge in [-0.2, -0.15) is 4.80 Å². The minimum atomic E-state index is 0.668. The van der Waals surface area contributed by atoms with Crippen LogP contribution in [0, 0.1) is 6.92 Å². The van der Waals surface area contributed by atoms with E-state index in [0.717, 1.165) is 9.75 Å². The Balaban J connectivity index is 2.33. The number of hydrogen-bond donors (Lipinski definition) is 0. The highest BCUT2D eigenvalue weighted by Gasteiger charge is 2.06. The number of nitrogens with zero attached hydrogens (tertiary/aromatic N) is 4. The lowest BCUT2D eigenvalue weighted by Crippen LogP contribution is -1.91. The summed E-state index contributed by atoms with van der Waals surface area (Å²) in [6, 6.07) is 4.00. The van der Waals surface area contributed by atoms with Crippen molar-refractivity contribution < 1.29 is 0 Å². The molecular formula is C9H9N4S. The molecule has 0 N–H and O–H groups in total. The van der Waals surface area contributed by atoms with E-state index in [-0.39, 0.29) is 0 Å². The summed E-state index contributed by atoms with van der Waals surface area (Å²) in [5.74, 6) is 0.668. The maximum Gasteiger partial charge on any atom is 0.214 e. The zero-order chi connectivity index (χ0) is 9.97. The van der Waals surface area contributed by atoms with Crippen molar-refractivity contribution in [1.82, 2.24) is 20.2 Å². The van der Waals surface area contributed by atoms with Gasteiger partial charge in [-0.1, -0.05) is 6.08 Å². The summed E-state index contributed by atoms with van der Waals surface area (Å²) < 4.78 is 0. The molecule has 0 aliphatic carbocycles. The smallest absolute Gasteiger partial charge is 0.167 e. The maximum atomic E-state index is 4.12. The summed E-state index contributed by atoms with van der Waals surface area (Å²) in [7, 11) is 1.75. The monoisotopic (exact) mass is 205 g/mol. The standard InChI is InChI=1S/C9H9N4S/c1-3-4-7-5-6-8(14-7)9-10-12-13(2)11-9/h3-6H,1H2,2H3/b4-3+. The van der Waals surface area contributed by atoms with Crippen LogP contribution in [-0.2, 0) is 7.05 Å². The van der Waals surface area contributed by atoms with Crippen LogP contribution in [0.2, 0.25) is 0 Å². The quantitative estimate of drug-likeness (QED) is 0.750. The normalized spacial score (nSPS) is 11.3. The number of allylic oxidation sites excluding steroid dienone is 1. The Morgan fingerprint density at radius 1 is 1.50 bits per heavy atom. The summed E-state index contributed by atoms with van der Waals surface area (Å²) in [5.41, 5.74) is 0. The summed E-state index contributed by atoms with van der Waals surface area (Å²) in [6.45, 7) is 3.65. The van der Waals surface area contributed by atoms with Crippen molar-refractivity contribution in [2.45, 2.75) is 0 Å². The van der Waals surface area contributed by atoms with E-state index in [2.05, 4.69) is 22.3 Å². The summed E-state index contributed by atoms with van der Waals surface area (Å²) >= 11 is 1.62. The molecule has 0 amide bonds. The molecule has 0 saturated carbocycles. The Hall–Kier alpha value is -1.49. The van der Waals surface area contributed by atoms with Crippen molar-refractivity contribution in [3.8, 4) is 10.7 Å². The molecule has 14 heavy (non-hydrogen) atoms. The van der Waals surface area contributed by atoms with Crippen LogP contribution in [0.1, 0.15) is 4.88 Å². The maximum absolute atomic E-state index is 4.12. The molecule has 0 aliphatic rings. The lowest BCUT2D eigenvalue weighted by Gasteiger charge is -1.84. The number of tetrazole rings is 1. The van der Waals surface area contributed by atoms with Crippen LogP contribution in [0.25, 0.3) is 16.8 Å². The van der Waals surface area contributed by atoms with E-state index in [1.807, 2.05) is 18.2 Å². The lowest BCUT2D eigenvalue weighted by molar-refractivity contribution is 0.630. The van der Waals surface area contributed by atoms with Crippen molar-refractivity contribution in [3.05, 3.63) is 30.0 Å². The molecule has 2 aromatic heterocycles. The fourth-order valence-electron chi connectivity index (χ4n) is 1.06. The molecule has 0 spiro atoms. The Bertz CT molecular complexity index is 455. The van der Waals surface area contributed by atoms with Gasteiger partial charge < -0.3 is 0 Å². The molecule has 0 unspecified atom stereocenters. The van der Waals surface area contributed by atoms with Crippen molar-refractivity contribution in [3.63, 3.8) is 0 Å². The minimum Gasteiger partial charge on any atom is -0.167 e. The van der Waals surface area contributed by atoms with Crippen LogP contribution in [0.15, 0.2) is 18.2 Å². The van der Waals surface area contributed by atoms with Crippen LogP contribution >= 0.6 is 11.3 Å². The van der Waals surface area contributed by atoms with E-state index >= 15 is 0 Å². The third-order valence-electron chi connectivity index (χ3n) is 1.64. The van der Waals surface area contributed by atoms with Gasteiger partial charge in [0.15, 0.2) is 0 Å². The second kappa shape index (κ2) is 3.71. The molecule has 2 rings (SSSR count). The van der Waals surface area contributed by atoms with E-state index in [4.69, 9.17) is 0 Å². The molecule has 4 nitrogen and oxygen atoms in total. The Labute approximate surface area is 85.9 Å². The highest BCUT2D eigenvalue weighted by Crippen LogP contribution is 2.25. The molecule has 0 aliphatic heterocycles. The van der Waals surface area contributed by atoms with Crippen LogP contribution in [-0.4, -0.2) is 20.2 Å². The van der Waals surface area contributed by atoms with E-state index in [1.54, 1.807) is 24.5 Å². The van der Waals surface area contributed by atoms with Crippen LogP contribution in [0.3, 0.4) is 0 Å². The average molecular weight is 205 g/mol. The number of thiophene rings is 1. The van der Waals surface area contributed by atoms with Gasteiger partial charge in [-0.05, 0) is 30.3 Å². The Morgan fingerprint density at radius 3 is 3.00 bits per heavy atom. The van der Waals surface area contributed by atoms with Gasteiger partial charge in [0.1, 0.15) is 0 Å². The Kier molecular flexibility index (Phi) is 2.41. The first-order chi connectivity index (χ1) is 6.79. The van der Waals surface area contributed by atoms with Crippen molar-refractivity contribution in [2.75, 3.05) is 0 Å². The van der Waals surface area contributed by atoms with Gasteiger partial charge in [-0.15, -0.1) is 21.5 Å². The first-order valence-electron chi connectivity index (χ1n) is 4.09. The third-order valence-corrected chi connectivity index (χ3v) is 2.68. The Morgan fingerprint density at radius 2 is 2.36 bits per heavy atom. The summed E-state index contributed by atoms with van der Waals surface area (Å²) in [4.78, 5) is 3.61. The van der Waals surface area contributed by atoms with Crippen LogP contribution in [0.5, 0.6) is 0 Å². The zero-order valence-corrected chi connectivity index (χ0v) is 8.53. The van der Waals surface area contributed by atoms with Crippen molar-refractivity contribution in [2.24, 2.45) is 7.05 Å². The molecule has 0 fully saturated rings. The third kappa shape index (κ3) is 1.72. The first-order valence-corrected chi connectivity index (χ1v) is 4.91. The molecule has 5 heteroatoms. The number of aromatic nitrogens is 4. The second-order valence-corrected chi connectivity index (χ2v) is 3.82. The lowest BCUT2D eigenvalue weighted by atomic mass is 10.4. The van der Waals surface area contributed by atoms with Crippen LogP contribution < -0.4 is 0 Å². The largest absolute Gasteiger partial charge is 0.214 e. The fourth-order valence-corrected chi connectivity index (χ4v) is 1.92. The number of hydrogen-bond acceptors (Lipinski definition) is 4. The predicted molar refractivity (Wildman–Crippen MR) is 56.5 cm³/mol. The van der Waals surface area contributed by atoms with Gasteiger partial charge in [-0.3, -0.25) is 0 Å². The van der Waals surface area contributed by atoms with E-state index < -0.39 is 0 Å². The van der Waals surface area contributed by atoms with Gasteiger partial charge in [0.2, 0.25) is 5.82 Å². The topological polar surface area (TPSA) is 43.6 Å². The second-order valence-electron chi connectivity index (χ2n) is 2.71. The highest BCUT2D eigenvalue weighted by atomic mass is 32.1. The summed E-state index contributed by atoms with van der Waals surface area (Å²) in [5, 5.41) is 11.8. The van der Waals surface area contributed by atoms with Gasteiger partial charge in [0, 0.05) is 4.88 Å². The van der Waals surface area contributed by atoms with E-state index in [9.17, 15) is 0 Å². The van der Waals surface area contributed by atoms with Gasteiger partial charge in [0.25, 0.3) is 0 Å². The molecular weight excluding hydrogens is 196 g/mol. The summed E-state index contributed by atoms with van der Waals surface area (Å²) in [6.07, 6.45) is 3.71. The average Bonchev–Trinajstić information content (AvgIpc) is 2.74. The van der Waals surface area contributed by atoms with E-state index in [0.29, 0.717) is 5.82 Å². The molecule has 0 bridgehead atoms. The number of rotatable bonds is 2. The van der Waals surface area contributed by atoms with Crippen molar-refractivity contribution >= 4 is 17.4 Å². The first kappa shape index (κ1) is 9.08. The van der Waals surface area contributed by atoms with Gasteiger partial charge in [0.05, 0.1) is 11.9 Å². The van der Waals surface area contributed by atoms with Gasteiger partial charge >= 0.3 is 0 Å². The molecule has 0 atom stereocenters. The van der Waals surface area contributed by atoms with Crippen LogP contribution in [0.4, 0.5) is 0 Å². The molecule has 0 saturated heterocycles. The molecule has 71 valence electrons. The van der Waals surface area contributed by atoms with E-state index in [1.165, 1.54) is 4.80 Å². The molecule has 1 radical (unpaired) electrons. The zero-order valence-electron chi connectivity index (χ0n) is 7.71. The molecule has 0 aromatic carbocycles. The molecule has 2 aromatic rings. The fraction of sp³-hybridized carbons (Fsp3) is 0.111. The highest BCUT2D eigenvalue weighted by molar-refractivity contribution is 7.16. The predicted octanol–water partition coefficient (Wildman–Crippen LogP) is 1.79. The van der Waals surface area contributed by atoms with Gasteiger partial charge in [-0.25, -0.2) is 0 Å². The SMILES string of the molecule is [CH2]/C=C/c1ccc(-c2nnn(C)n2)s1.